The normalized spacial score (nSPS) is 18.2. The van der Waals surface area contributed by atoms with E-state index in [2.05, 4.69) is 6.07 Å². The summed E-state index contributed by atoms with van der Waals surface area (Å²) in [5, 5.41) is 10.6. The first-order chi connectivity index (χ1) is 15.5. The second-order valence-corrected chi connectivity index (χ2v) is 8.20. The van der Waals surface area contributed by atoms with Crippen LogP contribution < -0.4 is 19.1 Å². The summed E-state index contributed by atoms with van der Waals surface area (Å²) in [7, 11) is 4.59. The highest BCUT2D eigenvalue weighted by atomic mass is 32.2. The van der Waals surface area contributed by atoms with Gasteiger partial charge >= 0.3 is 0 Å². The number of nitrogens with zero attached hydrogens (tertiary/aromatic N) is 3. The fourth-order valence-corrected chi connectivity index (χ4v) is 5.17. The zero-order valence-corrected chi connectivity index (χ0v) is 18.7. The fourth-order valence-electron chi connectivity index (χ4n) is 4.01. The monoisotopic (exact) mass is 455 g/mol. The lowest BCUT2D eigenvalue weighted by Crippen LogP contribution is -2.47. The highest BCUT2D eigenvalue weighted by Gasteiger charge is 2.40. The maximum atomic E-state index is 14.3. The number of fused-ring (bicyclic) bond motifs is 1. The number of methoxy groups -OCH3 is 3. The Kier molecular flexibility index (Phi) is 6.15. The van der Waals surface area contributed by atoms with Crippen molar-refractivity contribution in [3.63, 3.8) is 0 Å². The summed E-state index contributed by atoms with van der Waals surface area (Å²) in [5.74, 6) is 0.934. The van der Waals surface area contributed by atoms with Crippen molar-refractivity contribution < 1.29 is 23.4 Å². The van der Waals surface area contributed by atoms with E-state index in [9.17, 15) is 14.4 Å². The predicted octanol–water partition coefficient (Wildman–Crippen LogP) is 4.07. The third kappa shape index (κ3) is 3.71. The van der Waals surface area contributed by atoms with Crippen LogP contribution in [0.1, 0.15) is 17.9 Å². The van der Waals surface area contributed by atoms with Crippen LogP contribution in [0, 0.1) is 17.1 Å². The molecule has 0 N–H and O–H groups in total. The van der Waals surface area contributed by atoms with Crippen LogP contribution in [0.2, 0.25) is 0 Å². The van der Waals surface area contributed by atoms with Crippen LogP contribution in [0.25, 0.3) is 0 Å². The maximum absolute atomic E-state index is 14.3. The van der Waals surface area contributed by atoms with Crippen molar-refractivity contribution in [3.8, 4) is 23.3 Å². The van der Waals surface area contributed by atoms with Gasteiger partial charge < -0.3 is 19.1 Å². The number of halogens is 1. The zero-order valence-electron chi connectivity index (χ0n) is 17.9. The van der Waals surface area contributed by atoms with Crippen LogP contribution >= 0.6 is 11.8 Å². The van der Waals surface area contributed by atoms with E-state index in [1.54, 1.807) is 40.1 Å². The first kappa shape index (κ1) is 21.8. The lowest BCUT2D eigenvalue weighted by atomic mass is 9.85. The third-order valence-electron chi connectivity index (χ3n) is 5.60. The van der Waals surface area contributed by atoms with E-state index in [-0.39, 0.29) is 24.8 Å². The number of rotatable bonds is 5. The summed E-state index contributed by atoms with van der Waals surface area (Å²) in [6.45, 7) is 0.184. The fraction of sp³-hybridized carbons (Fsp3) is 0.304. The molecule has 166 valence electrons. The van der Waals surface area contributed by atoms with E-state index in [1.165, 1.54) is 39.2 Å². The van der Waals surface area contributed by atoms with E-state index in [0.717, 1.165) is 0 Å². The topological polar surface area (TPSA) is 75.0 Å². The van der Waals surface area contributed by atoms with Gasteiger partial charge in [-0.15, -0.1) is 0 Å². The van der Waals surface area contributed by atoms with E-state index in [1.807, 2.05) is 0 Å². The van der Waals surface area contributed by atoms with Crippen LogP contribution in [0.5, 0.6) is 17.2 Å². The number of thioether (sulfide) groups is 1. The summed E-state index contributed by atoms with van der Waals surface area (Å²) >= 11 is 1.35. The lowest BCUT2D eigenvalue weighted by molar-refractivity contribution is -0.129. The van der Waals surface area contributed by atoms with Crippen molar-refractivity contribution >= 4 is 23.4 Å². The maximum Gasteiger partial charge on any atom is 0.229 e. The van der Waals surface area contributed by atoms with Gasteiger partial charge in [-0.2, -0.15) is 5.26 Å². The van der Waals surface area contributed by atoms with Gasteiger partial charge in [0, 0.05) is 24.0 Å². The molecule has 2 aromatic carbocycles. The van der Waals surface area contributed by atoms with Crippen molar-refractivity contribution in [1.29, 1.82) is 5.26 Å². The average Bonchev–Trinajstić information content (AvgIpc) is 2.83. The molecule has 2 aliphatic heterocycles. The summed E-state index contributed by atoms with van der Waals surface area (Å²) in [5.41, 5.74) is 1.58. The Morgan fingerprint density at radius 3 is 2.44 bits per heavy atom. The molecular weight excluding hydrogens is 433 g/mol. The van der Waals surface area contributed by atoms with Gasteiger partial charge in [-0.25, -0.2) is 4.39 Å². The molecule has 0 bridgehead atoms. The van der Waals surface area contributed by atoms with Crippen LogP contribution in [0.15, 0.2) is 47.0 Å². The minimum absolute atomic E-state index is 0.0872. The zero-order chi connectivity index (χ0) is 22.8. The number of benzene rings is 2. The number of anilines is 1. The average molecular weight is 456 g/mol. The van der Waals surface area contributed by atoms with E-state index < -0.39 is 5.92 Å². The SMILES string of the molecule is COc1cc(OC)c(C2CC(=O)N3CN(c4ccccc4F)CSC3=C2C#N)cc1OC. The molecule has 2 aromatic rings. The molecule has 1 amide bonds. The molecule has 9 heteroatoms. The van der Waals surface area contributed by atoms with Gasteiger partial charge in [0.05, 0.1) is 56.2 Å². The number of para-hydroxylation sites is 1. The van der Waals surface area contributed by atoms with E-state index >= 15 is 0 Å². The number of amides is 1. The highest BCUT2D eigenvalue weighted by molar-refractivity contribution is 8.03. The van der Waals surface area contributed by atoms with Gasteiger partial charge in [0.15, 0.2) is 11.5 Å². The molecule has 7 nitrogen and oxygen atoms in total. The van der Waals surface area contributed by atoms with Crippen molar-refractivity contribution in [2.45, 2.75) is 12.3 Å². The number of carbonyl (C=O) groups is 1. The van der Waals surface area contributed by atoms with Crippen molar-refractivity contribution in [1.82, 2.24) is 4.90 Å². The minimum Gasteiger partial charge on any atom is -0.496 e. The Morgan fingerprint density at radius 1 is 1.09 bits per heavy atom. The molecule has 2 aliphatic rings. The number of allylic oxidation sites excluding steroid dienone is 1. The molecule has 1 unspecified atom stereocenters. The molecule has 4 rings (SSSR count). The number of hydrogen-bond acceptors (Lipinski definition) is 7. The molecule has 0 radical (unpaired) electrons. The van der Waals surface area contributed by atoms with Crippen LogP contribution in [0.4, 0.5) is 10.1 Å². The number of carbonyl (C=O) groups excluding carboxylic acids is 1. The van der Waals surface area contributed by atoms with Crippen LogP contribution in [-0.4, -0.2) is 44.7 Å². The van der Waals surface area contributed by atoms with Gasteiger partial charge in [0.2, 0.25) is 5.91 Å². The summed E-state index contributed by atoms with van der Waals surface area (Å²) in [4.78, 5) is 16.5. The predicted molar refractivity (Wildman–Crippen MR) is 119 cm³/mol. The van der Waals surface area contributed by atoms with Gasteiger partial charge in [-0.3, -0.25) is 9.69 Å². The molecule has 0 saturated carbocycles. The molecule has 32 heavy (non-hydrogen) atoms. The number of nitriles is 1. The van der Waals surface area contributed by atoms with Gasteiger partial charge in [-0.1, -0.05) is 23.9 Å². The summed E-state index contributed by atoms with van der Waals surface area (Å²) in [6, 6.07) is 12.2. The highest BCUT2D eigenvalue weighted by Crippen LogP contribution is 2.47. The third-order valence-corrected chi connectivity index (χ3v) is 6.75. The summed E-state index contributed by atoms with van der Waals surface area (Å²) in [6.07, 6.45) is 0.0872. The largest absolute Gasteiger partial charge is 0.496 e. The quantitative estimate of drug-likeness (QED) is 0.673. The standard InChI is InChI=1S/C23H22FN3O4S/c1-29-19-10-21(31-3)20(30-2)8-15(19)14-9-22(28)27-12-26(13-32-23(27)16(14)11-25)18-7-5-4-6-17(18)24/h4-8,10,14H,9,12-13H2,1-3H3. The molecule has 1 atom stereocenters. The Bertz CT molecular complexity index is 1130. The molecule has 0 spiro atoms. The van der Waals surface area contributed by atoms with Crippen LogP contribution in [0.3, 0.4) is 0 Å². The Morgan fingerprint density at radius 2 is 1.78 bits per heavy atom. The smallest absolute Gasteiger partial charge is 0.229 e. The molecule has 1 saturated heterocycles. The second kappa shape index (κ2) is 9.01. The van der Waals surface area contributed by atoms with Gasteiger partial charge in [0.25, 0.3) is 0 Å². The Balaban J connectivity index is 1.74. The second-order valence-electron chi connectivity index (χ2n) is 7.26. The number of hydrogen-bond donors (Lipinski definition) is 0. The summed E-state index contributed by atoms with van der Waals surface area (Å²) < 4.78 is 30.6. The first-order valence-electron chi connectivity index (χ1n) is 9.89. The minimum atomic E-state index is -0.485. The molecule has 1 fully saturated rings. The Hall–Kier alpha value is -3.38. The molecular formula is C23H22FN3O4S. The van der Waals surface area contributed by atoms with E-state index in [4.69, 9.17) is 14.2 Å². The number of ether oxygens (including phenoxy) is 3. The van der Waals surface area contributed by atoms with Crippen molar-refractivity contribution in [2.24, 2.45) is 0 Å². The van der Waals surface area contributed by atoms with E-state index in [0.29, 0.717) is 45.0 Å². The molecule has 0 aliphatic carbocycles. The van der Waals surface area contributed by atoms with Crippen molar-refractivity contribution in [2.75, 3.05) is 38.8 Å². The lowest BCUT2D eigenvalue weighted by Gasteiger charge is -2.42. The molecule has 2 heterocycles. The van der Waals surface area contributed by atoms with Crippen LogP contribution in [-0.2, 0) is 4.79 Å². The molecule has 0 aromatic heterocycles. The Labute approximate surface area is 190 Å². The van der Waals surface area contributed by atoms with Crippen molar-refractivity contribution in [3.05, 3.63) is 58.4 Å². The van der Waals surface area contributed by atoms with Gasteiger partial charge in [0.1, 0.15) is 11.6 Å². The van der Waals surface area contributed by atoms with Gasteiger partial charge in [-0.05, 0) is 18.2 Å². The first-order valence-corrected chi connectivity index (χ1v) is 10.9.